The van der Waals surface area contributed by atoms with Gasteiger partial charge in [-0.25, -0.2) is 4.79 Å². The van der Waals surface area contributed by atoms with Gasteiger partial charge in [-0.05, 0) is 49.3 Å². The number of nitrogens with zero attached hydrogens (tertiary/aromatic N) is 1. The molecule has 3 nitrogen and oxygen atoms in total. The van der Waals surface area contributed by atoms with Crippen LogP contribution in [0, 0.1) is 0 Å². The molecule has 0 aromatic heterocycles. The minimum absolute atomic E-state index is 0.0385. The Labute approximate surface area is 144 Å². The minimum Gasteiger partial charge on any atom is -0.321 e. The fourth-order valence-corrected chi connectivity index (χ4v) is 3.50. The minimum atomic E-state index is 0.0385. The lowest BCUT2D eigenvalue weighted by molar-refractivity contribution is 0.162. The lowest BCUT2D eigenvalue weighted by atomic mass is 9.96. The number of carbonyl (C=O) groups excluding carboxylic acids is 1. The summed E-state index contributed by atoms with van der Waals surface area (Å²) in [5.74, 6) is 0. The number of nitrogens with one attached hydrogen (secondary N) is 1. The molecule has 1 atom stereocenters. The van der Waals surface area contributed by atoms with Gasteiger partial charge < -0.3 is 10.2 Å². The summed E-state index contributed by atoms with van der Waals surface area (Å²) in [5, 5.41) is 3.13. The second-order valence-corrected chi connectivity index (χ2v) is 6.47. The molecule has 0 unspecified atom stereocenters. The highest BCUT2D eigenvalue weighted by molar-refractivity contribution is 5.90. The molecule has 0 aliphatic carbocycles. The van der Waals surface area contributed by atoms with Crippen molar-refractivity contribution in [2.45, 2.75) is 45.1 Å². The monoisotopic (exact) mass is 322 g/mol. The number of hydrogen-bond donors (Lipinski definition) is 1. The Morgan fingerprint density at radius 3 is 2.62 bits per heavy atom. The van der Waals surface area contributed by atoms with E-state index < -0.39 is 0 Å². The number of carbonyl (C=O) groups is 1. The number of urea groups is 1. The van der Waals surface area contributed by atoms with E-state index in [0.717, 1.165) is 37.9 Å². The van der Waals surface area contributed by atoms with Gasteiger partial charge in [0.15, 0.2) is 0 Å². The van der Waals surface area contributed by atoms with Gasteiger partial charge in [-0.3, -0.25) is 0 Å². The molecule has 2 amide bonds. The number of anilines is 1. The zero-order valence-corrected chi connectivity index (χ0v) is 14.4. The fourth-order valence-electron chi connectivity index (χ4n) is 3.50. The van der Waals surface area contributed by atoms with Crippen LogP contribution >= 0.6 is 0 Å². The first-order chi connectivity index (χ1) is 11.8. The topological polar surface area (TPSA) is 32.3 Å². The Morgan fingerprint density at radius 1 is 1.08 bits per heavy atom. The van der Waals surface area contributed by atoms with Gasteiger partial charge in [0.25, 0.3) is 0 Å². The number of para-hydroxylation sites is 1. The van der Waals surface area contributed by atoms with Crippen LogP contribution in [0.4, 0.5) is 10.5 Å². The lowest BCUT2D eigenvalue weighted by Gasteiger charge is -2.36. The van der Waals surface area contributed by atoms with E-state index in [2.05, 4.69) is 42.6 Å². The van der Waals surface area contributed by atoms with Gasteiger partial charge in [0.05, 0.1) is 0 Å². The Morgan fingerprint density at radius 2 is 1.83 bits per heavy atom. The van der Waals surface area contributed by atoms with Crippen molar-refractivity contribution in [2.24, 2.45) is 0 Å². The number of benzene rings is 2. The molecule has 1 aliphatic heterocycles. The summed E-state index contributed by atoms with van der Waals surface area (Å²) < 4.78 is 0. The summed E-state index contributed by atoms with van der Waals surface area (Å²) in [5.41, 5.74) is 3.42. The third-order valence-corrected chi connectivity index (χ3v) is 4.84. The normalized spacial score (nSPS) is 17.5. The van der Waals surface area contributed by atoms with Crippen molar-refractivity contribution < 1.29 is 4.79 Å². The van der Waals surface area contributed by atoms with Gasteiger partial charge in [0.2, 0.25) is 0 Å². The predicted molar refractivity (Wildman–Crippen MR) is 99.3 cm³/mol. The predicted octanol–water partition coefficient (Wildman–Crippen LogP) is 4.88. The Balaban J connectivity index is 1.71. The van der Waals surface area contributed by atoms with Gasteiger partial charge >= 0.3 is 6.03 Å². The van der Waals surface area contributed by atoms with Crippen molar-refractivity contribution in [2.75, 3.05) is 11.9 Å². The van der Waals surface area contributed by atoms with E-state index >= 15 is 0 Å². The van der Waals surface area contributed by atoms with Crippen LogP contribution in [0.25, 0.3) is 0 Å². The lowest BCUT2D eigenvalue weighted by Crippen LogP contribution is -2.47. The molecule has 1 fully saturated rings. The van der Waals surface area contributed by atoms with E-state index in [1.54, 1.807) is 0 Å². The highest BCUT2D eigenvalue weighted by Crippen LogP contribution is 2.23. The third-order valence-electron chi connectivity index (χ3n) is 4.84. The summed E-state index contributed by atoms with van der Waals surface area (Å²) in [7, 11) is 0. The molecule has 1 aliphatic rings. The van der Waals surface area contributed by atoms with E-state index in [1.165, 1.54) is 17.5 Å². The summed E-state index contributed by atoms with van der Waals surface area (Å²) in [6.07, 6.45) is 5.23. The number of hydrogen-bond acceptors (Lipinski definition) is 1. The van der Waals surface area contributed by atoms with Crippen molar-refractivity contribution in [3.05, 3.63) is 65.7 Å². The summed E-state index contributed by atoms with van der Waals surface area (Å²) in [4.78, 5) is 14.9. The molecular weight excluding hydrogens is 296 g/mol. The van der Waals surface area contributed by atoms with Gasteiger partial charge in [-0.2, -0.15) is 0 Å². The number of aryl methyl sites for hydroxylation is 1. The maximum absolute atomic E-state index is 12.9. The van der Waals surface area contributed by atoms with Crippen LogP contribution in [0.5, 0.6) is 0 Å². The fraction of sp³-hybridized carbons (Fsp3) is 0.381. The molecule has 2 aromatic carbocycles. The average molecular weight is 322 g/mol. The van der Waals surface area contributed by atoms with Crippen LogP contribution in [0.15, 0.2) is 54.6 Å². The second-order valence-electron chi connectivity index (χ2n) is 6.47. The molecule has 2 aromatic rings. The summed E-state index contributed by atoms with van der Waals surface area (Å²) in [6.45, 7) is 2.96. The van der Waals surface area contributed by atoms with Gasteiger partial charge in [-0.15, -0.1) is 0 Å². The van der Waals surface area contributed by atoms with Gasteiger partial charge in [0.1, 0.15) is 0 Å². The van der Waals surface area contributed by atoms with E-state index in [4.69, 9.17) is 0 Å². The third kappa shape index (κ3) is 3.97. The number of amides is 2. The number of likely N-dealkylation sites (tertiary alicyclic amines) is 1. The van der Waals surface area contributed by atoms with Crippen molar-refractivity contribution in [3.63, 3.8) is 0 Å². The standard InChI is InChI=1S/C21H26N2O/c1-2-18-12-6-7-14-20(18)22-21(24)23-15-9-8-13-19(23)16-17-10-4-3-5-11-17/h3-7,10-12,14,19H,2,8-9,13,15-16H2,1H3,(H,22,24)/t19-/m1/s1. The van der Waals surface area contributed by atoms with Crippen LogP contribution in [-0.2, 0) is 12.8 Å². The highest BCUT2D eigenvalue weighted by atomic mass is 16.2. The smallest absolute Gasteiger partial charge is 0.321 e. The van der Waals surface area contributed by atoms with Crippen LogP contribution in [-0.4, -0.2) is 23.5 Å². The van der Waals surface area contributed by atoms with Gasteiger partial charge in [0, 0.05) is 18.3 Å². The SMILES string of the molecule is CCc1ccccc1NC(=O)N1CCCC[C@@H]1Cc1ccccc1. The molecule has 3 rings (SSSR count). The van der Waals surface area contributed by atoms with E-state index in [0.29, 0.717) is 0 Å². The molecule has 3 heteroatoms. The summed E-state index contributed by atoms with van der Waals surface area (Å²) in [6, 6.07) is 18.9. The second kappa shape index (κ2) is 8.00. The maximum Gasteiger partial charge on any atom is 0.322 e. The van der Waals surface area contributed by atoms with Gasteiger partial charge in [-0.1, -0.05) is 55.5 Å². The van der Waals surface area contributed by atoms with Crippen LogP contribution in [0.3, 0.4) is 0 Å². The molecule has 0 radical (unpaired) electrons. The molecular formula is C21H26N2O. The zero-order chi connectivity index (χ0) is 16.8. The molecule has 0 saturated carbocycles. The number of rotatable bonds is 4. The van der Waals surface area contributed by atoms with Crippen molar-refractivity contribution in [3.8, 4) is 0 Å². The van der Waals surface area contributed by atoms with E-state index in [1.807, 2.05) is 29.2 Å². The largest absolute Gasteiger partial charge is 0.322 e. The summed E-state index contributed by atoms with van der Waals surface area (Å²) >= 11 is 0. The first-order valence-corrected chi connectivity index (χ1v) is 8.97. The van der Waals surface area contributed by atoms with Crippen molar-refractivity contribution in [1.29, 1.82) is 0 Å². The average Bonchev–Trinajstić information content (AvgIpc) is 2.63. The molecule has 1 N–H and O–H groups in total. The maximum atomic E-state index is 12.9. The van der Waals surface area contributed by atoms with Crippen LogP contribution < -0.4 is 5.32 Å². The van der Waals surface area contributed by atoms with Crippen molar-refractivity contribution in [1.82, 2.24) is 4.90 Å². The Bertz CT molecular complexity index is 669. The Kier molecular flexibility index (Phi) is 5.52. The number of piperidine rings is 1. The molecule has 0 spiro atoms. The quantitative estimate of drug-likeness (QED) is 0.855. The molecule has 1 heterocycles. The first-order valence-electron chi connectivity index (χ1n) is 8.97. The Hall–Kier alpha value is -2.29. The molecule has 1 saturated heterocycles. The van der Waals surface area contributed by atoms with Crippen LogP contribution in [0.1, 0.15) is 37.3 Å². The molecule has 24 heavy (non-hydrogen) atoms. The molecule has 126 valence electrons. The van der Waals surface area contributed by atoms with Crippen molar-refractivity contribution >= 4 is 11.7 Å². The molecule has 0 bridgehead atoms. The zero-order valence-electron chi connectivity index (χ0n) is 14.4. The first kappa shape index (κ1) is 16.6. The van der Waals surface area contributed by atoms with E-state index in [9.17, 15) is 4.79 Å². The highest BCUT2D eigenvalue weighted by Gasteiger charge is 2.27. The van der Waals surface area contributed by atoms with Crippen LogP contribution in [0.2, 0.25) is 0 Å². The van der Waals surface area contributed by atoms with E-state index in [-0.39, 0.29) is 12.1 Å².